The summed E-state index contributed by atoms with van der Waals surface area (Å²) in [5.74, 6) is -3.19. The molecule has 28 heteroatoms. The summed E-state index contributed by atoms with van der Waals surface area (Å²) < 4.78 is 78.2. The largest absolute Gasteiger partial charge is 0.491 e. The molecule has 1 aromatic carbocycles. The van der Waals surface area contributed by atoms with E-state index in [2.05, 4.69) is 21.3 Å². The van der Waals surface area contributed by atoms with Crippen molar-refractivity contribution < 1.29 is 95.5 Å². The standard InChI is InChI=1S/C62H103N7O20S/c1-36-25-21-22-26-43(36)90(80,81)69(32-24-20-23-30-63-53(75)86-58(6,7)8)34-38-27-28-39(65-37(2)51(74)85-57(3,4)5)47(83-38)44-40(67-55(77)88-60(12,13)14)33-41(66-50(73)42(70)29-31-64-54(76)87-59(9,10)11)48(45(44)71)84-52-46(72)49(62(18,79)35-82-52)68(19)56(78)89-61(15,16)17/h21-22,25-27,39-42,44-49,52,70-72,79H,20,23-24,28-35H2,1-19H3,(H,63,75)(H,64,76)(H,66,73)(H,67,77)/t39-,40+,41-,42+,44?,45+,46-,47+,48+,49-,52-,62+/m1/s1. The second-order valence-electron chi connectivity index (χ2n) is 28.4. The molecule has 512 valence electrons. The number of aliphatic hydroxyl groups is 4. The Morgan fingerprint density at radius 2 is 1.31 bits per heavy atom. The lowest BCUT2D eigenvalue weighted by Crippen LogP contribution is -2.70. The van der Waals surface area contributed by atoms with Crippen LogP contribution in [0, 0.1) is 12.8 Å². The van der Waals surface area contributed by atoms with Crippen LogP contribution in [0.5, 0.6) is 0 Å². The van der Waals surface area contributed by atoms with E-state index in [1.807, 2.05) is 0 Å². The molecule has 2 heterocycles. The maximum Gasteiger partial charge on any atom is 0.410 e. The number of alkyl carbamates (subject to hydrolysis) is 3. The SMILES string of the molecule is CC(=N[C@@H]1CC=C(CN(CCCCCNC(=O)OC(C)(C)C)S(=O)(=O)c2ccccc2C)O[C@@H]1C1[C@@H](NC(=O)OC(C)(C)C)C[C@@H](NC(=O)[C@@H](O)CCNC(=O)OC(C)(C)C)[C@H](O[C@H]2OC[C@](C)(O)[C@H](N(C)C(=O)OC(C)(C)C)[C@H]2O)[C@H]1O)C(=O)OC(C)(C)C. The summed E-state index contributed by atoms with van der Waals surface area (Å²) in [6.45, 7) is 28.4. The molecular formula is C62H103N7O20S. The zero-order valence-corrected chi connectivity index (χ0v) is 56.9. The Morgan fingerprint density at radius 1 is 0.756 bits per heavy atom. The van der Waals surface area contributed by atoms with Gasteiger partial charge in [-0.05, 0) is 174 Å². The summed E-state index contributed by atoms with van der Waals surface area (Å²) in [7, 11) is -3.01. The number of unbranched alkanes of at least 4 members (excludes halogenated alkanes) is 2. The van der Waals surface area contributed by atoms with Crippen molar-refractivity contribution in [2.45, 2.75) is 263 Å². The average Bonchev–Trinajstić information content (AvgIpc) is 0.799. The molecule has 4 rings (SSSR count). The molecule has 1 aliphatic carbocycles. The molecule has 1 saturated heterocycles. The summed E-state index contributed by atoms with van der Waals surface area (Å²) in [4.78, 5) is 86.4. The number of amides is 5. The number of hydrogen-bond donors (Lipinski definition) is 8. The fourth-order valence-electron chi connectivity index (χ4n) is 10.4. The Kier molecular flexibility index (Phi) is 26.5. The van der Waals surface area contributed by atoms with Crippen LogP contribution in [-0.4, -0.2) is 214 Å². The Hall–Kier alpha value is -5.88. The third kappa shape index (κ3) is 24.0. The van der Waals surface area contributed by atoms with E-state index in [4.69, 9.17) is 42.9 Å². The van der Waals surface area contributed by atoms with E-state index in [1.165, 1.54) is 31.3 Å². The van der Waals surface area contributed by atoms with Crippen LogP contribution in [0.15, 0.2) is 46.0 Å². The lowest BCUT2D eigenvalue weighted by Gasteiger charge is -2.52. The van der Waals surface area contributed by atoms with Crippen LogP contribution in [-0.2, 0) is 57.5 Å². The van der Waals surface area contributed by atoms with Gasteiger partial charge in [0.05, 0.1) is 42.3 Å². The molecule has 0 spiro atoms. The van der Waals surface area contributed by atoms with Crippen LogP contribution in [0.25, 0.3) is 0 Å². The third-order valence-electron chi connectivity index (χ3n) is 14.2. The molecule has 1 aromatic rings. The molecule has 1 unspecified atom stereocenters. The van der Waals surface area contributed by atoms with Crippen molar-refractivity contribution in [3.05, 3.63) is 41.7 Å². The Bertz CT molecular complexity index is 2800. The fraction of sp³-hybridized carbons (Fsp3) is 0.758. The van der Waals surface area contributed by atoms with Crippen LogP contribution in [0.4, 0.5) is 19.2 Å². The Labute approximate surface area is 531 Å². The monoisotopic (exact) mass is 1300 g/mol. The molecule has 90 heavy (non-hydrogen) atoms. The topological polar surface area (TPSA) is 358 Å². The number of hydrogen-bond acceptors (Lipinski definition) is 21. The number of rotatable bonds is 22. The molecular weight excluding hydrogens is 1190 g/mol. The molecule has 3 aliphatic rings. The van der Waals surface area contributed by atoms with E-state index in [9.17, 15) is 57.6 Å². The quantitative estimate of drug-likeness (QED) is 0.0301. The second kappa shape index (κ2) is 31.2. The van der Waals surface area contributed by atoms with E-state index in [1.54, 1.807) is 135 Å². The van der Waals surface area contributed by atoms with Crippen LogP contribution >= 0.6 is 0 Å². The summed E-state index contributed by atoms with van der Waals surface area (Å²) in [5.41, 5.74) is -6.22. The van der Waals surface area contributed by atoms with Crippen LogP contribution in [0.2, 0.25) is 0 Å². The highest BCUT2D eigenvalue weighted by Gasteiger charge is 2.57. The first-order chi connectivity index (χ1) is 41.2. The van der Waals surface area contributed by atoms with Gasteiger partial charge in [0, 0.05) is 38.6 Å². The second-order valence-corrected chi connectivity index (χ2v) is 30.3. The maximum atomic E-state index is 14.9. The summed E-state index contributed by atoms with van der Waals surface area (Å²) in [6, 6.07) is 1.07. The molecule has 0 radical (unpaired) electrons. The normalized spacial score (nSPS) is 25.7. The molecule has 1 saturated carbocycles. The van der Waals surface area contributed by atoms with E-state index >= 15 is 0 Å². The van der Waals surface area contributed by atoms with Gasteiger partial charge in [-0.15, -0.1) is 0 Å². The van der Waals surface area contributed by atoms with Gasteiger partial charge >= 0.3 is 30.3 Å². The molecule has 5 amide bonds. The number of nitrogens with one attached hydrogen (secondary N) is 4. The number of aliphatic hydroxyl groups excluding tert-OH is 3. The number of benzene rings is 1. The van der Waals surface area contributed by atoms with Crippen molar-refractivity contribution in [1.29, 1.82) is 0 Å². The molecule has 12 atom stereocenters. The number of nitrogens with zero attached hydrogens (tertiary/aromatic N) is 3. The van der Waals surface area contributed by atoms with Crippen molar-refractivity contribution in [2.24, 2.45) is 10.9 Å². The van der Waals surface area contributed by atoms with Gasteiger partial charge in [-0.3, -0.25) is 9.79 Å². The van der Waals surface area contributed by atoms with Crippen molar-refractivity contribution >= 4 is 52.0 Å². The molecule has 0 bridgehead atoms. The molecule has 0 aromatic heterocycles. The number of carbonyl (C=O) groups excluding carboxylic acids is 6. The first kappa shape index (κ1) is 76.6. The molecule has 27 nitrogen and oxygen atoms in total. The summed E-state index contributed by atoms with van der Waals surface area (Å²) >= 11 is 0. The fourth-order valence-corrected chi connectivity index (χ4v) is 12.1. The van der Waals surface area contributed by atoms with Gasteiger partial charge in [-0.2, -0.15) is 4.31 Å². The number of likely N-dealkylation sites (N-methyl/N-ethyl adjacent to an activating group) is 1. The van der Waals surface area contributed by atoms with Crippen molar-refractivity contribution in [1.82, 2.24) is 30.5 Å². The lowest BCUT2D eigenvalue weighted by molar-refractivity contribution is -0.305. The highest BCUT2D eigenvalue weighted by Crippen LogP contribution is 2.40. The first-order valence-electron chi connectivity index (χ1n) is 30.6. The number of esters is 1. The predicted octanol–water partition coefficient (Wildman–Crippen LogP) is 5.65. The van der Waals surface area contributed by atoms with Gasteiger partial charge in [-0.1, -0.05) is 24.6 Å². The summed E-state index contributed by atoms with van der Waals surface area (Å²) in [6.07, 6.45) is -11.9. The number of aliphatic imine (C=N–C) groups is 1. The number of sulfonamides is 1. The minimum absolute atomic E-state index is 0.0231. The zero-order chi connectivity index (χ0) is 68.3. The minimum atomic E-state index is -4.31. The smallest absolute Gasteiger partial charge is 0.410 e. The third-order valence-corrected chi connectivity index (χ3v) is 16.2. The number of carbonyl (C=O) groups is 6. The molecule has 8 N–H and O–H groups in total. The lowest BCUT2D eigenvalue weighted by atomic mass is 9.72. The number of aryl methyl sites for hydroxylation is 1. The van der Waals surface area contributed by atoms with Gasteiger partial charge in [0.25, 0.3) is 0 Å². The maximum absolute atomic E-state index is 14.9. The van der Waals surface area contributed by atoms with E-state index < -0.39 is 153 Å². The zero-order valence-electron chi connectivity index (χ0n) is 56.1. The van der Waals surface area contributed by atoms with Gasteiger partial charge in [0.15, 0.2) is 6.29 Å². The highest BCUT2D eigenvalue weighted by atomic mass is 32.2. The van der Waals surface area contributed by atoms with Crippen molar-refractivity contribution in [3.8, 4) is 0 Å². The van der Waals surface area contributed by atoms with Gasteiger partial charge in [0.2, 0.25) is 15.9 Å². The predicted molar refractivity (Wildman–Crippen MR) is 331 cm³/mol. The molecule has 2 aliphatic heterocycles. The average molecular weight is 1300 g/mol. The van der Waals surface area contributed by atoms with Gasteiger partial charge in [0.1, 0.15) is 69.5 Å². The number of ether oxygens (including phenoxy) is 8. The van der Waals surface area contributed by atoms with Crippen LogP contribution in [0.1, 0.15) is 162 Å². The van der Waals surface area contributed by atoms with Crippen molar-refractivity contribution in [2.75, 3.05) is 39.8 Å². The van der Waals surface area contributed by atoms with Crippen molar-refractivity contribution in [3.63, 3.8) is 0 Å². The Morgan fingerprint density at radius 3 is 1.88 bits per heavy atom. The Balaban J connectivity index is 1.91. The van der Waals surface area contributed by atoms with E-state index in [0.29, 0.717) is 24.8 Å². The van der Waals surface area contributed by atoms with E-state index in [-0.39, 0.29) is 61.8 Å². The molecule has 2 fully saturated rings. The minimum Gasteiger partial charge on any atom is -0.491 e. The van der Waals surface area contributed by atoms with Gasteiger partial charge in [-0.25, -0.2) is 32.4 Å². The summed E-state index contributed by atoms with van der Waals surface area (Å²) in [5, 5.41) is 59.4. The van der Waals surface area contributed by atoms with Crippen LogP contribution in [0.3, 0.4) is 0 Å². The first-order valence-corrected chi connectivity index (χ1v) is 32.0. The van der Waals surface area contributed by atoms with Gasteiger partial charge < -0.3 is 84.5 Å². The van der Waals surface area contributed by atoms with Crippen LogP contribution < -0.4 is 21.3 Å². The highest BCUT2D eigenvalue weighted by molar-refractivity contribution is 7.89. The van der Waals surface area contributed by atoms with E-state index in [0.717, 1.165) is 4.90 Å².